The first kappa shape index (κ1) is 13.4. The van der Waals surface area contributed by atoms with Crippen molar-refractivity contribution in [2.24, 2.45) is 5.73 Å². The number of aliphatic carboxylic acids is 1. The normalized spacial score (nSPS) is 14.1. The summed E-state index contributed by atoms with van der Waals surface area (Å²) in [7, 11) is 1.42. The van der Waals surface area contributed by atoms with Gasteiger partial charge in [0.1, 0.15) is 11.6 Å². The summed E-state index contributed by atoms with van der Waals surface area (Å²) in [5.74, 6) is -1.19. The molecule has 0 radical (unpaired) electrons. The maximum atomic E-state index is 13.2. The summed E-state index contributed by atoms with van der Waals surface area (Å²) >= 11 is 0. The van der Waals surface area contributed by atoms with Crippen molar-refractivity contribution in [1.29, 1.82) is 0 Å². The van der Waals surface area contributed by atoms with Crippen molar-refractivity contribution in [1.82, 2.24) is 0 Å². The molecule has 0 fully saturated rings. The molecular weight excluding hydrogens is 225 g/mol. The summed E-state index contributed by atoms with van der Waals surface area (Å²) in [6.07, 6.45) is 0.210. The van der Waals surface area contributed by atoms with Crippen LogP contribution in [0.1, 0.15) is 18.9 Å². The molecule has 94 valence electrons. The summed E-state index contributed by atoms with van der Waals surface area (Å²) in [4.78, 5) is 11.4. The van der Waals surface area contributed by atoms with Crippen LogP contribution in [0, 0.1) is 5.82 Å². The lowest BCUT2D eigenvalue weighted by molar-refractivity contribution is -0.143. The van der Waals surface area contributed by atoms with Gasteiger partial charge in [-0.1, -0.05) is 0 Å². The average Bonchev–Trinajstić information content (AvgIpc) is 2.29. The first-order valence-electron chi connectivity index (χ1n) is 5.23. The van der Waals surface area contributed by atoms with E-state index in [4.69, 9.17) is 10.5 Å². The number of carbonyl (C=O) groups is 1. The summed E-state index contributed by atoms with van der Waals surface area (Å²) in [6, 6.07) is 3.83. The van der Waals surface area contributed by atoms with E-state index in [1.807, 2.05) is 0 Å². The molecule has 1 unspecified atom stereocenters. The molecule has 0 saturated carbocycles. The molecule has 0 spiro atoms. The van der Waals surface area contributed by atoms with Crippen molar-refractivity contribution in [3.63, 3.8) is 0 Å². The molecule has 17 heavy (non-hydrogen) atoms. The SMILES string of the molecule is COc1ccc(F)cc1C(C)(CCN)C(=O)O. The predicted molar refractivity (Wildman–Crippen MR) is 61.6 cm³/mol. The Kier molecular flexibility index (Phi) is 4.07. The van der Waals surface area contributed by atoms with Crippen molar-refractivity contribution in [2.75, 3.05) is 13.7 Å². The highest BCUT2D eigenvalue weighted by Crippen LogP contribution is 2.35. The fraction of sp³-hybridized carbons (Fsp3) is 0.417. The number of methoxy groups -OCH3 is 1. The molecule has 0 aliphatic carbocycles. The van der Waals surface area contributed by atoms with Crippen molar-refractivity contribution in [3.8, 4) is 5.75 Å². The molecule has 0 heterocycles. The monoisotopic (exact) mass is 241 g/mol. The van der Waals surface area contributed by atoms with Crippen LogP contribution in [0.4, 0.5) is 4.39 Å². The molecule has 3 N–H and O–H groups in total. The van der Waals surface area contributed by atoms with E-state index in [0.29, 0.717) is 11.3 Å². The Morgan fingerprint density at radius 1 is 1.59 bits per heavy atom. The largest absolute Gasteiger partial charge is 0.496 e. The van der Waals surface area contributed by atoms with E-state index >= 15 is 0 Å². The van der Waals surface area contributed by atoms with Gasteiger partial charge >= 0.3 is 5.97 Å². The van der Waals surface area contributed by atoms with Crippen LogP contribution < -0.4 is 10.5 Å². The van der Waals surface area contributed by atoms with Crippen LogP contribution in [0.2, 0.25) is 0 Å². The number of ether oxygens (including phenoxy) is 1. The number of hydrogen-bond donors (Lipinski definition) is 2. The Labute approximate surface area is 99.2 Å². The minimum absolute atomic E-state index is 0.197. The lowest BCUT2D eigenvalue weighted by Crippen LogP contribution is -2.35. The zero-order chi connectivity index (χ0) is 13.1. The van der Waals surface area contributed by atoms with Gasteiger partial charge in [-0.3, -0.25) is 4.79 Å². The van der Waals surface area contributed by atoms with E-state index in [9.17, 15) is 14.3 Å². The summed E-state index contributed by atoms with van der Waals surface area (Å²) in [6.45, 7) is 1.71. The van der Waals surface area contributed by atoms with E-state index in [-0.39, 0.29) is 13.0 Å². The Bertz CT molecular complexity index is 422. The molecule has 0 bridgehead atoms. The van der Waals surface area contributed by atoms with Gasteiger partial charge in [0.25, 0.3) is 0 Å². The zero-order valence-electron chi connectivity index (χ0n) is 9.87. The van der Waals surface area contributed by atoms with E-state index in [1.165, 1.54) is 32.2 Å². The summed E-state index contributed by atoms with van der Waals surface area (Å²) < 4.78 is 18.3. The lowest BCUT2D eigenvalue weighted by atomic mass is 9.79. The Hall–Kier alpha value is -1.62. The second-order valence-corrected chi connectivity index (χ2v) is 4.02. The van der Waals surface area contributed by atoms with Crippen LogP contribution in [0.25, 0.3) is 0 Å². The molecule has 1 aromatic rings. The standard InChI is InChI=1S/C12H16FNO3/c1-12(5-6-14,11(15)16)9-7-8(13)3-4-10(9)17-2/h3-4,7H,5-6,14H2,1-2H3,(H,15,16). The molecule has 1 atom stereocenters. The fourth-order valence-corrected chi connectivity index (χ4v) is 1.76. The van der Waals surface area contributed by atoms with Crippen molar-refractivity contribution in [2.45, 2.75) is 18.8 Å². The van der Waals surface area contributed by atoms with Gasteiger partial charge in [-0.05, 0) is 38.1 Å². The van der Waals surface area contributed by atoms with Gasteiger partial charge in [0.2, 0.25) is 0 Å². The maximum Gasteiger partial charge on any atom is 0.314 e. The van der Waals surface area contributed by atoms with Crippen molar-refractivity contribution < 1.29 is 19.0 Å². The molecule has 0 aromatic heterocycles. The first-order valence-corrected chi connectivity index (χ1v) is 5.23. The van der Waals surface area contributed by atoms with Gasteiger partial charge in [-0.25, -0.2) is 4.39 Å². The summed E-state index contributed by atoms with van der Waals surface area (Å²) in [5.41, 5.74) is 4.48. The van der Waals surface area contributed by atoms with E-state index < -0.39 is 17.2 Å². The molecule has 0 amide bonds. The molecular formula is C12H16FNO3. The van der Waals surface area contributed by atoms with Gasteiger partial charge in [0.05, 0.1) is 12.5 Å². The van der Waals surface area contributed by atoms with E-state index in [0.717, 1.165) is 0 Å². The predicted octanol–water partition coefficient (Wildman–Crippen LogP) is 1.53. The highest BCUT2D eigenvalue weighted by Gasteiger charge is 2.37. The number of carboxylic acids is 1. The van der Waals surface area contributed by atoms with Crippen LogP contribution in [-0.4, -0.2) is 24.7 Å². The second-order valence-electron chi connectivity index (χ2n) is 4.02. The lowest BCUT2D eigenvalue weighted by Gasteiger charge is -2.26. The van der Waals surface area contributed by atoms with Gasteiger partial charge in [-0.2, -0.15) is 0 Å². The molecule has 1 aromatic carbocycles. The molecule has 4 nitrogen and oxygen atoms in total. The molecule has 0 aliphatic heterocycles. The van der Waals surface area contributed by atoms with Gasteiger partial charge in [0, 0.05) is 5.56 Å². The average molecular weight is 241 g/mol. The zero-order valence-corrected chi connectivity index (χ0v) is 9.87. The van der Waals surface area contributed by atoms with Crippen LogP contribution in [0.3, 0.4) is 0 Å². The number of carboxylic acid groups (broad SMARTS) is 1. The quantitative estimate of drug-likeness (QED) is 0.819. The number of nitrogens with two attached hydrogens (primary N) is 1. The minimum atomic E-state index is -1.25. The minimum Gasteiger partial charge on any atom is -0.496 e. The third kappa shape index (κ3) is 2.55. The van der Waals surface area contributed by atoms with Gasteiger partial charge in [-0.15, -0.1) is 0 Å². The van der Waals surface area contributed by atoms with E-state index in [1.54, 1.807) is 0 Å². The van der Waals surface area contributed by atoms with Crippen molar-refractivity contribution >= 4 is 5.97 Å². The Morgan fingerprint density at radius 3 is 2.71 bits per heavy atom. The number of rotatable bonds is 5. The highest BCUT2D eigenvalue weighted by atomic mass is 19.1. The Balaban J connectivity index is 3.36. The fourth-order valence-electron chi connectivity index (χ4n) is 1.76. The highest BCUT2D eigenvalue weighted by molar-refractivity contribution is 5.82. The Morgan fingerprint density at radius 2 is 2.24 bits per heavy atom. The topological polar surface area (TPSA) is 72.5 Å². The number of halogens is 1. The molecule has 5 heteroatoms. The third-order valence-electron chi connectivity index (χ3n) is 2.87. The number of hydrogen-bond acceptors (Lipinski definition) is 3. The van der Waals surface area contributed by atoms with Crippen molar-refractivity contribution in [3.05, 3.63) is 29.6 Å². The van der Waals surface area contributed by atoms with Crippen LogP contribution in [-0.2, 0) is 10.2 Å². The van der Waals surface area contributed by atoms with Gasteiger partial charge < -0.3 is 15.6 Å². The van der Waals surface area contributed by atoms with Gasteiger partial charge in [0.15, 0.2) is 0 Å². The first-order chi connectivity index (χ1) is 7.95. The molecule has 0 saturated heterocycles. The smallest absolute Gasteiger partial charge is 0.314 e. The molecule has 0 aliphatic rings. The number of benzene rings is 1. The summed E-state index contributed by atoms with van der Waals surface area (Å²) in [5, 5.41) is 9.29. The van der Waals surface area contributed by atoms with Crippen LogP contribution in [0.5, 0.6) is 5.75 Å². The van der Waals surface area contributed by atoms with Crippen LogP contribution >= 0.6 is 0 Å². The molecule has 1 rings (SSSR count). The van der Waals surface area contributed by atoms with Crippen LogP contribution in [0.15, 0.2) is 18.2 Å². The maximum absolute atomic E-state index is 13.2. The van der Waals surface area contributed by atoms with E-state index in [2.05, 4.69) is 0 Å². The third-order valence-corrected chi connectivity index (χ3v) is 2.87. The second kappa shape index (κ2) is 5.14.